The molecule has 0 aromatic heterocycles. The summed E-state index contributed by atoms with van der Waals surface area (Å²) in [4.78, 5) is 0. The van der Waals surface area contributed by atoms with Crippen LogP contribution in [-0.4, -0.2) is 12.2 Å². The molecule has 1 saturated heterocycles. The summed E-state index contributed by atoms with van der Waals surface area (Å²) in [6.07, 6.45) is 18.6. The molecule has 0 radical (unpaired) electrons. The Morgan fingerprint density at radius 3 is 2.56 bits per heavy atom. The lowest BCUT2D eigenvalue weighted by Crippen LogP contribution is -1.90. The van der Waals surface area contributed by atoms with Crippen LogP contribution >= 0.6 is 0 Å². The second-order valence-electron chi connectivity index (χ2n) is 4.59. The Bertz CT molecular complexity index is 217. The normalized spacial score (nSPS) is 24.6. The van der Waals surface area contributed by atoms with Crippen LogP contribution in [0.2, 0.25) is 0 Å². The molecule has 16 heavy (non-hydrogen) atoms. The van der Waals surface area contributed by atoms with E-state index >= 15 is 0 Å². The SMILES string of the molecule is CCCC/C=C\C=C\[C@@H]1O[C@H]1CCCCC. The smallest absolute Gasteiger partial charge is 0.103 e. The van der Waals surface area contributed by atoms with Gasteiger partial charge in [-0.2, -0.15) is 0 Å². The fourth-order valence-corrected chi connectivity index (χ4v) is 1.82. The third kappa shape index (κ3) is 6.12. The minimum absolute atomic E-state index is 0.410. The van der Waals surface area contributed by atoms with E-state index in [4.69, 9.17) is 4.74 Å². The molecule has 0 N–H and O–H groups in total. The molecule has 1 heterocycles. The zero-order valence-corrected chi connectivity index (χ0v) is 10.8. The van der Waals surface area contributed by atoms with E-state index in [1.807, 2.05) is 0 Å². The summed E-state index contributed by atoms with van der Waals surface area (Å²) in [7, 11) is 0. The molecule has 0 spiro atoms. The van der Waals surface area contributed by atoms with Gasteiger partial charge in [-0.1, -0.05) is 70.3 Å². The van der Waals surface area contributed by atoms with Crippen molar-refractivity contribution in [1.29, 1.82) is 0 Å². The van der Waals surface area contributed by atoms with E-state index in [0.717, 1.165) is 0 Å². The van der Waals surface area contributed by atoms with Crippen LogP contribution in [0, 0.1) is 0 Å². The summed E-state index contributed by atoms with van der Waals surface area (Å²) >= 11 is 0. The lowest BCUT2D eigenvalue weighted by molar-refractivity contribution is 0.373. The first-order valence-electron chi connectivity index (χ1n) is 6.87. The number of ether oxygens (including phenoxy) is 1. The highest BCUT2D eigenvalue weighted by molar-refractivity contribution is 5.10. The van der Waals surface area contributed by atoms with Crippen molar-refractivity contribution in [1.82, 2.24) is 0 Å². The van der Waals surface area contributed by atoms with Crippen molar-refractivity contribution in [3.63, 3.8) is 0 Å². The summed E-state index contributed by atoms with van der Waals surface area (Å²) in [6, 6.07) is 0. The van der Waals surface area contributed by atoms with Crippen molar-refractivity contribution in [2.75, 3.05) is 0 Å². The fraction of sp³-hybridized carbons (Fsp3) is 0.733. The van der Waals surface area contributed by atoms with Gasteiger partial charge in [0.2, 0.25) is 0 Å². The highest BCUT2D eigenvalue weighted by atomic mass is 16.6. The summed E-state index contributed by atoms with van der Waals surface area (Å²) in [5.74, 6) is 0. The summed E-state index contributed by atoms with van der Waals surface area (Å²) in [6.45, 7) is 4.47. The van der Waals surface area contributed by atoms with Crippen LogP contribution in [0.15, 0.2) is 24.3 Å². The van der Waals surface area contributed by atoms with Crippen LogP contribution < -0.4 is 0 Å². The number of hydrogen-bond donors (Lipinski definition) is 0. The molecule has 0 unspecified atom stereocenters. The molecule has 0 aromatic rings. The lowest BCUT2D eigenvalue weighted by Gasteiger charge is -1.92. The summed E-state index contributed by atoms with van der Waals surface area (Å²) in [5.41, 5.74) is 0. The number of rotatable bonds is 9. The van der Waals surface area contributed by atoms with Gasteiger partial charge >= 0.3 is 0 Å². The van der Waals surface area contributed by atoms with Crippen LogP contribution in [0.4, 0.5) is 0 Å². The fourth-order valence-electron chi connectivity index (χ4n) is 1.82. The Morgan fingerprint density at radius 2 is 1.81 bits per heavy atom. The van der Waals surface area contributed by atoms with Crippen molar-refractivity contribution >= 4 is 0 Å². The number of hydrogen-bond acceptors (Lipinski definition) is 1. The molecule has 0 aromatic carbocycles. The standard InChI is InChI=1S/C15H26O/c1-3-5-7-8-9-11-13-15-14(16-15)12-10-6-4-2/h8-9,11,13-15H,3-7,10,12H2,1-2H3/b9-8-,13-11+/t14-,15-/m0/s1. The average molecular weight is 222 g/mol. The number of unbranched alkanes of at least 4 members (excludes halogenated alkanes) is 4. The second kappa shape index (κ2) is 8.58. The monoisotopic (exact) mass is 222 g/mol. The maximum Gasteiger partial charge on any atom is 0.103 e. The van der Waals surface area contributed by atoms with Gasteiger partial charge in [-0.25, -0.2) is 0 Å². The quantitative estimate of drug-likeness (QED) is 0.314. The van der Waals surface area contributed by atoms with Gasteiger partial charge in [-0.3, -0.25) is 0 Å². The zero-order valence-electron chi connectivity index (χ0n) is 10.8. The first-order chi connectivity index (χ1) is 7.88. The van der Waals surface area contributed by atoms with Crippen LogP contribution in [0.1, 0.15) is 58.8 Å². The molecule has 0 aliphatic carbocycles. The third-order valence-corrected chi connectivity index (χ3v) is 2.99. The minimum atomic E-state index is 0.410. The van der Waals surface area contributed by atoms with E-state index in [9.17, 15) is 0 Å². The van der Waals surface area contributed by atoms with Crippen LogP contribution in [0.5, 0.6) is 0 Å². The van der Waals surface area contributed by atoms with Crippen molar-refractivity contribution < 1.29 is 4.74 Å². The molecule has 2 atom stereocenters. The van der Waals surface area contributed by atoms with E-state index in [2.05, 4.69) is 38.2 Å². The van der Waals surface area contributed by atoms with Gasteiger partial charge in [0.1, 0.15) is 6.10 Å². The van der Waals surface area contributed by atoms with E-state index in [0.29, 0.717) is 12.2 Å². The van der Waals surface area contributed by atoms with Crippen LogP contribution in [-0.2, 0) is 4.74 Å². The lowest BCUT2D eigenvalue weighted by atomic mass is 10.1. The van der Waals surface area contributed by atoms with Gasteiger partial charge in [0.05, 0.1) is 6.10 Å². The Balaban J connectivity index is 1.98. The highest BCUT2D eigenvalue weighted by Gasteiger charge is 2.35. The molecule has 0 amide bonds. The van der Waals surface area contributed by atoms with Gasteiger partial charge in [-0.05, 0) is 12.8 Å². The Labute approximate surface area is 101 Å². The van der Waals surface area contributed by atoms with Crippen molar-refractivity contribution in [2.24, 2.45) is 0 Å². The average Bonchev–Trinajstić information content (AvgIpc) is 3.03. The molecule has 1 nitrogen and oxygen atoms in total. The van der Waals surface area contributed by atoms with Crippen molar-refractivity contribution in [2.45, 2.75) is 71.0 Å². The minimum Gasteiger partial charge on any atom is -0.365 e. The van der Waals surface area contributed by atoms with Gasteiger partial charge < -0.3 is 4.74 Å². The Hall–Kier alpha value is -0.560. The van der Waals surface area contributed by atoms with Crippen molar-refractivity contribution in [3.05, 3.63) is 24.3 Å². The van der Waals surface area contributed by atoms with E-state index in [1.165, 1.54) is 44.9 Å². The van der Waals surface area contributed by atoms with Gasteiger partial charge in [0.15, 0.2) is 0 Å². The largest absolute Gasteiger partial charge is 0.365 e. The van der Waals surface area contributed by atoms with Crippen LogP contribution in [0.25, 0.3) is 0 Å². The number of allylic oxidation sites excluding steroid dienone is 3. The van der Waals surface area contributed by atoms with E-state index in [-0.39, 0.29) is 0 Å². The Morgan fingerprint density at radius 1 is 1.00 bits per heavy atom. The predicted molar refractivity (Wildman–Crippen MR) is 70.6 cm³/mol. The second-order valence-corrected chi connectivity index (χ2v) is 4.59. The Kier molecular flexibility index (Phi) is 7.24. The van der Waals surface area contributed by atoms with Gasteiger partial charge in [0, 0.05) is 0 Å². The molecule has 1 rings (SSSR count). The zero-order chi connectivity index (χ0) is 11.6. The van der Waals surface area contributed by atoms with Crippen molar-refractivity contribution in [3.8, 4) is 0 Å². The molecule has 1 fully saturated rings. The maximum atomic E-state index is 5.57. The molecular formula is C15H26O. The molecule has 1 aliphatic rings. The predicted octanol–water partition coefficient (Wildman–Crippen LogP) is 4.64. The molecule has 1 aliphatic heterocycles. The third-order valence-electron chi connectivity index (χ3n) is 2.99. The molecule has 0 bridgehead atoms. The molecular weight excluding hydrogens is 196 g/mol. The number of epoxide rings is 1. The first kappa shape index (κ1) is 13.5. The van der Waals surface area contributed by atoms with Gasteiger partial charge in [0.25, 0.3) is 0 Å². The maximum absolute atomic E-state index is 5.57. The van der Waals surface area contributed by atoms with Crippen LogP contribution in [0.3, 0.4) is 0 Å². The topological polar surface area (TPSA) is 12.5 Å². The first-order valence-corrected chi connectivity index (χ1v) is 6.87. The molecule has 0 saturated carbocycles. The summed E-state index contributed by atoms with van der Waals surface area (Å²) in [5, 5.41) is 0. The highest BCUT2D eigenvalue weighted by Crippen LogP contribution is 2.28. The van der Waals surface area contributed by atoms with E-state index in [1.54, 1.807) is 0 Å². The van der Waals surface area contributed by atoms with E-state index < -0.39 is 0 Å². The molecule has 92 valence electrons. The molecule has 1 heteroatoms. The van der Waals surface area contributed by atoms with Gasteiger partial charge in [-0.15, -0.1) is 0 Å². The summed E-state index contributed by atoms with van der Waals surface area (Å²) < 4.78 is 5.57.